The van der Waals surface area contributed by atoms with Gasteiger partial charge in [-0.2, -0.15) is 0 Å². The van der Waals surface area contributed by atoms with Crippen molar-refractivity contribution in [2.75, 3.05) is 19.8 Å². The maximum atomic E-state index is 13.0. The summed E-state index contributed by atoms with van der Waals surface area (Å²) in [7, 11) is 0. The van der Waals surface area contributed by atoms with Crippen LogP contribution in [0.4, 0.5) is 0 Å². The highest BCUT2D eigenvalue weighted by Gasteiger charge is 2.44. The van der Waals surface area contributed by atoms with Gasteiger partial charge >= 0.3 is 5.97 Å². The zero-order chi connectivity index (χ0) is 57.3. The lowest BCUT2D eigenvalue weighted by Crippen LogP contribution is -2.60. The molecule has 1 amide bonds. The van der Waals surface area contributed by atoms with Crippen LogP contribution < -0.4 is 5.32 Å². The Morgan fingerprint density at radius 1 is 0.494 bits per heavy atom. The first-order chi connectivity index (χ1) is 38.7. The minimum atomic E-state index is -1.58. The highest BCUT2D eigenvalue weighted by molar-refractivity contribution is 5.76. The molecule has 1 heterocycles. The maximum absolute atomic E-state index is 13.0. The summed E-state index contributed by atoms with van der Waals surface area (Å²) in [6.07, 6.45) is 65.2. The summed E-state index contributed by atoms with van der Waals surface area (Å²) in [5, 5.41) is 54.2. The Kier molecular flexibility index (Phi) is 53.8. The van der Waals surface area contributed by atoms with Gasteiger partial charge < -0.3 is 45.1 Å². The van der Waals surface area contributed by atoms with Crippen LogP contribution in [-0.4, -0.2) is 100 Å². The molecule has 0 radical (unpaired) electrons. The van der Waals surface area contributed by atoms with Crippen LogP contribution >= 0.6 is 0 Å². The third-order valence-corrected chi connectivity index (χ3v) is 15.4. The topological polar surface area (TPSA) is 175 Å². The Balaban J connectivity index is 1.96. The molecule has 1 saturated heterocycles. The van der Waals surface area contributed by atoms with E-state index >= 15 is 0 Å². The van der Waals surface area contributed by atoms with Gasteiger partial charge in [-0.1, -0.05) is 260 Å². The van der Waals surface area contributed by atoms with Gasteiger partial charge in [0.25, 0.3) is 0 Å². The molecule has 0 saturated carbocycles. The number of carbonyl (C=O) groups is 2. The Morgan fingerprint density at radius 3 is 1.39 bits per heavy atom. The molecule has 0 bridgehead atoms. The van der Waals surface area contributed by atoms with Gasteiger partial charge in [-0.15, -0.1) is 0 Å². The zero-order valence-electron chi connectivity index (χ0n) is 50.8. The molecule has 11 nitrogen and oxygen atoms in total. The average Bonchev–Trinajstić information content (AvgIpc) is 3.49. The van der Waals surface area contributed by atoms with E-state index in [0.29, 0.717) is 19.4 Å². The molecule has 1 aliphatic rings. The Labute approximate surface area is 484 Å². The quantitative estimate of drug-likeness (QED) is 0.0195. The van der Waals surface area contributed by atoms with E-state index in [1.54, 1.807) is 6.08 Å². The summed E-state index contributed by atoms with van der Waals surface area (Å²) < 4.78 is 16.7. The number of aliphatic hydroxyl groups excluding tert-OH is 5. The first kappa shape index (κ1) is 74.4. The standard InChI is InChI=1S/C68H123NO10/c1-3-5-7-9-11-13-14-32-36-40-44-48-52-56-64(73)77-57-53-49-45-41-37-34-31-29-27-25-23-21-19-17-15-16-18-20-22-24-26-28-30-33-35-39-43-47-51-55-63(72)69-60(61(71)54-50-46-42-38-12-10-8-6-4-2)59-78-68-67(76)66(75)65(74)62(58-70)79-68/h4,6,12,15,17,21,23,38,50,54,60-62,65-68,70-71,74-76H,3,5,7-11,13-14,16,18-20,22,24-37,39-49,51-53,55-59H2,1-2H3,(H,69,72)/b6-4+,17-15-,23-21-,38-12+,54-50+. The molecule has 1 aliphatic heterocycles. The summed E-state index contributed by atoms with van der Waals surface area (Å²) in [6.45, 7) is 4.10. The van der Waals surface area contributed by atoms with Crippen molar-refractivity contribution in [3.8, 4) is 0 Å². The van der Waals surface area contributed by atoms with E-state index in [1.807, 2.05) is 19.1 Å². The number of hydrogen-bond acceptors (Lipinski definition) is 10. The molecular weight excluding hydrogens is 991 g/mol. The highest BCUT2D eigenvalue weighted by atomic mass is 16.7. The fraction of sp³-hybridized carbons (Fsp3) is 0.824. The van der Waals surface area contributed by atoms with Gasteiger partial charge in [0.2, 0.25) is 5.91 Å². The van der Waals surface area contributed by atoms with Gasteiger partial charge in [0, 0.05) is 12.8 Å². The van der Waals surface area contributed by atoms with Gasteiger partial charge in [-0.25, -0.2) is 0 Å². The minimum absolute atomic E-state index is 0.00390. The molecule has 0 aliphatic carbocycles. The number of aliphatic hydroxyl groups is 5. The molecular formula is C68H123NO10. The van der Waals surface area contributed by atoms with Crippen molar-refractivity contribution in [2.45, 2.75) is 339 Å². The predicted octanol–water partition coefficient (Wildman–Crippen LogP) is 16.2. The number of unbranched alkanes of at least 4 members (excludes halogenated alkanes) is 36. The lowest BCUT2D eigenvalue weighted by molar-refractivity contribution is -0.302. The number of carbonyl (C=O) groups excluding carboxylic acids is 2. The number of hydrogen-bond donors (Lipinski definition) is 6. The van der Waals surface area contributed by atoms with Crippen LogP contribution in [0.15, 0.2) is 60.8 Å². The van der Waals surface area contributed by atoms with Crippen LogP contribution in [0.3, 0.4) is 0 Å². The maximum Gasteiger partial charge on any atom is 0.305 e. The molecule has 1 rings (SSSR count). The molecule has 1 fully saturated rings. The molecule has 0 spiro atoms. The first-order valence-corrected chi connectivity index (χ1v) is 33.0. The first-order valence-electron chi connectivity index (χ1n) is 33.0. The largest absolute Gasteiger partial charge is 0.466 e. The number of esters is 1. The summed E-state index contributed by atoms with van der Waals surface area (Å²) in [5.41, 5.74) is 0. The third kappa shape index (κ3) is 46.5. The number of rotatable bonds is 57. The summed E-state index contributed by atoms with van der Waals surface area (Å²) in [5.74, 6) is -0.197. The molecule has 460 valence electrons. The van der Waals surface area contributed by atoms with E-state index in [-0.39, 0.29) is 18.5 Å². The fourth-order valence-electron chi connectivity index (χ4n) is 10.2. The number of allylic oxidation sites excluding steroid dienone is 9. The van der Waals surface area contributed by atoms with Crippen molar-refractivity contribution in [1.82, 2.24) is 5.32 Å². The fourth-order valence-corrected chi connectivity index (χ4v) is 10.2. The third-order valence-electron chi connectivity index (χ3n) is 15.4. The van der Waals surface area contributed by atoms with Crippen molar-refractivity contribution in [2.24, 2.45) is 0 Å². The molecule has 7 atom stereocenters. The van der Waals surface area contributed by atoms with E-state index in [1.165, 1.54) is 199 Å². The SMILES string of the molecule is C/C=C/CC/C=C/CC/C=C/C(O)C(COC1OC(CO)C(O)C(O)C1O)NC(=O)CCCCCCCCCCCCCCC/C=C\C/C=C\CCCCCCCCCCCOC(=O)CCCCCCCCCCCCCCC. The summed E-state index contributed by atoms with van der Waals surface area (Å²) >= 11 is 0. The normalized spacial score (nSPS) is 18.8. The van der Waals surface area contributed by atoms with Gasteiger partial charge in [-0.05, 0) is 84.0 Å². The van der Waals surface area contributed by atoms with Crippen LogP contribution in [0.5, 0.6) is 0 Å². The molecule has 0 aromatic carbocycles. The Morgan fingerprint density at radius 2 is 0.911 bits per heavy atom. The Hall–Kier alpha value is -2.64. The van der Waals surface area contributed by atoms with Crippen LogP contribution in [-0.2, 0) is 23.8 Å². The van der Waals surface area contributed by atoms with Crippen LogP contribution in [0.25, 0.3) is 0 Å². The van der Waals surface area contributed by atoms with E-state index in [0.717, 1.165) is 70.6 Å². The smallest absolute Gasteiger partial charge is 0.305 e. The number of amides is 1. The molecule has 79 heavy (non-hydrogen) atoms. The number of nitrogens with one attached hydrogen (secondary N) is 1. The second-order valence-corrected chi connectivity index (χ2v) is 22.8. The second kappa shape index (κ2) is 57.2. The van der Waals surface area contributed by atoms with Crippen LogP contribution in [0.1, 0.15) is 296 Å². The lowest BCUT2D eigenvalue weighted by Gasteiger charge is -2.40. The predicted molar refractivity (Wildman–Crippen MR) is 329 cm³/mol. The monoisotopic (exact) mass is 1110 g/mol. The van der Waals surface area contributed by atoms with E-state index in [4.69, 9.17) is 14.2 Å². The van der Waals surface area contributed by atoms with E-state index in [9.17, 15) is 35.1 Å². The van der Waals surface area contributed by atoms with Crippen molar-refractivity contribution in [1.29, 1.82) is 0 Å². The van der Waals surface area contributed by atoms with Gasteiger partial charge in [0.05, 0.1) is 32.0 Å². The zero-order valence-corrected chi connectivity index (χ0v) is 50.8. The molecule has 6 N–H and O–H groups in total. The molecule has 0 aromatic heterocycles. The van der Waals surface area contributed by atoms with Crippen molar-refractivity contribution < 1.29 is 49.3 Å². The van der Waals surface area contributed by atoms with Gasteiger partial charge in [-0.3, -0.25) is 9.59 Å². The average molecular weight is 1110 g/mol. The number of ether oxygens (including phenoxy) is 3. The van der Waals surface area contributed by atoms with Gasteiger partial charge in [0.15, 0.2) is 6.29 Å². The second-order valence-electron chi connectivity index (χ2n) is 22.8. The van der Waals surface area contributed by atoms with Gasteiger partial charge in [0.1, 0.15) is 24.4 Å². The van der Waals surface area contributed by atoms with Crippen LogP contribution in [0, 0.1) is 0 Å². The minimum Gasteiger partial charge on any atom is -0.466 e. The summed E-state index contributed by atoms with van der Waals surface area (Å²) in [4.78, 5) is 25.0. The Bertz CT molecular complexity index is 1500. The van der Waals surface area contributed by atoms with E-state index in [2.05, 4.69) is 54.8 Å². The molecule has 7 unspecified atom stereocenters. The van der Waals surface area contributed by atoms with Crippen molar-refractivity contribution >= 4 is 11.9 Å². The molecule has 11 heteroatoms. The highest BCUT2D eigenvalue weighted by Crippen LogP contribution is 2.23. The molecule has 0 aromatic rings. The van der Waals surface area contributed by atoms with Crippen LogP contribution in [0.2, 0.25) is 0 Å². The summed E-state index contributed by atoms with van der Waals surface area (Å²) in [6, 6.07) is -0.835. The lowest BCUT2D eigenvalue weighted by atomic mass is 9.99. The van der Waals surface area contributed by atoms with Crippen molar-refractivity contribution in [3.63, 3.8) is 0 Å². The van der Waals surface area contributed by atoms with Crippen molar-refractivity contribution in [3.05, 3.63) is 60.8 Å². The van der Waals surface area contributed by atoms with E-state index < -0.39 is 49.5 Å².